The molecule has 0 N–H and O–H groups in total. The number of fused-ring (bicyclic) bond motifs is 1. The molecule has 3 rings (SSSR count). The molecule has 22 heavy (non-hydrogen) atoms. The van der Waals surface area contributed by atoms with E-state index in [1.807, 2.05) is 17.9 Å². The molecule has 1 aliphatic rings. The standard InChI is InChI=1S/C19H27N3/c1-5-7-17(6-2)22-12-14(3)18-10-15(8-9-19(18)22)16-11-20-21(4)13-16/h8-11,13-14,17H,5-7,12H2,1-4H3/t14-,17?/m1/s1. The van der Waals surface area contributed by atoms with Crippen LogP contribution in [0.2, 0.25) is 0 Å². The van der Waals surface area contributed by atoms with Crippen molar-refractivity contribution in [3.63, 3.8) is 0 Å². The third-order valence-electron chi connectivity index (χ3n) is 4.91. The number of aryl methyl sites for hydroxylation is 1. The second-order valence-electron chi connectivity index (χ2n) is 6.58. The minimum Gasteiger partial charge on any atom is -0.368 e. The lowest BCUT2D eigenvalue weighted by atomic mass is 9.99. The van der Waals surface area contributed by atoms with E-state index in [4.69, 9.17) is 0 Å². The fraction of sp³-hybridized carbons (Fsp3) is 0.526. The highest BCUT2D eigenvalue weighted by Gasteiger charge is 2.29. The largest absolute Gasteiger partial charge is 0.368 e. The first-order chi connectivity index (χ1) is 10.6. The van der Waals surface area contributed by atoms with Gasteiger partial charge in [0.2, 0.25) is 0 Å². The van der Waals surface area contributed by atoms with Gasteiger partial charge < -0.3 is 4.90 Å². The Balaban J connectivity index is 1.94. The lowest BCUT2D eigenvalue weighted by molar-refractivity contribution is 0.530. The first-order valence-corrected chi connectivity index (χ1v) is 8.53. The average Bonchev–Trinajstić information content (AvgIpc) is 3.09. The quantitative estimate of drug-likeness (QED) is 0.805. The molecule has 0 spiro atoms. The molecule has 3 nitrogen and oxygen atoms in total. The molecule has 1 unspecified atom stereocenters. The van der Waals surface area contributed by atoms with E-state index in [9.17, 15) is 0 Å². The molecule has 0 radical (unpaired) electrons. The molecule has 2 heterocycles. The van der Waals surface area contributed by atoms with Crippen LogP contribution in [0, 0.1) is 0 Å². The van der Waals surface area contributed by atoms with Crippen molar-refractivity contribution < 1.29 is 0 Å². The summed E-state index contributed by atoms with van der Waals surface area (Å²) in [7, 11) is 1.97. The molecule has 0 aliphatic carbocycles. The van der Waals surface area contributed by atoms with Crippen LogP contribution >= 0.6 is 0 Å². The second kappa shape index (κ2) is 6.15. The van der Waals surface area contributed by atoms with Gasteiger partial charge in [-0.25, -0.2) is 0 Å². The summed E-state index contributed by atoms with van der Waals surface area (Å²) >= 11 is 0. The maximum atomic E-state index is 4.29. The highest BCUT2D eigenvalue weighted by molar-refractivity contribution is 5.71. The van der Waals surface area contributed by atoms with Gasteiger partial charge in [-0.1, -0.05) is 33.3 Å². The van der Waals surface area contributed by atoms with E-state index in [2.05, 4.69) is 55.2 Å². The van der Waals surface area contributed by atoms with E-state index in [1.165, 1.54) is 41.6 Å². The number of hydrogen-bond acceptors (Lipinski definition) is 2. The van der Waals surface area contributed by atoms with E-state index in [-0.39, 0.29) is 0 Å². The predicted molar refractivity (Wildman–Crippen MR) is 93.4 cm³/mol. The molecule has 0 fully saturated rings. The molecule has 0 bridgehead atoms. The van der Waals surface area contributed by atoms with Crippen molar-refractivity contribution in [2.45, 2.75) is 52.0 Å². The van der Waals surface area contributed by atoms with Crippen LogP contribution in [0.3, 0.4) is 0 Å². The van der Waals surface area contributed by atoms with Gasteiger partial charge in [-0.15, -0.1) is 0 Å². The van der Waals surface area contributed by atoms with Gasteiger partial charge in [0.15, 0.2) is 0 Å². The molecule has 1 aromatic carbocycles. The van der Waals surface area contributed by atoms with Gasteiger partial charge in [0.25, 0.3) is 0 Å². The van der Waals surface area contributed by atoms with E-state index in [1.54, 1.807) is 0 Å². The summed E-state index contributed by atoms with van der Waals surface area (Å²) in [4.78, 5) is 2.64. The van der Waals surface area contributed by atoms with Gasteiger partial charge >= 0.3 is 0 Å². The van der Waals surface area contributed by atoms with Gasteiger partial charge in [0, 0.05) is 43.0 Å². The molecular weight excluding hydrogens is 270 g/mol. The van der Waals surface area contributed by atoms with Crippen LogP contribution < -0.4 is 4.90 Å². The molecule has 2 aromatic rings. The fourth-order valence-electron chi connectivity index (χ4n) is 3.71. The van der Waals surface area contributed by atoms with Crippen LogP contribution in [0.15, 0.2) is 30.6 Å². The van der Waals surface area contributed by atoms with Crippen molar-refractivity contribution >= 4 is 5.69 Å². The molecule has 1 aromatic heterocycles. The topological polar surface area (TPSA) is 21.1 Å². The van der Waals surface area contributed by atoms with Crippen LogP contribution in [-0.2, 0) is 7.05 Å². The SMILES string of the molecule is CCCC(CC)N1C[C@@H](C)c2cc(-c3cnn(C)c3)ccc21. The maximum absolute atomic E-state index is 4.29. The highest BCUT2D eigenvalue weighted by Crippen LogP contribution is 2.40. The highest BCUT2D eigenvalue weighted by atomic mass is 15.2. The molecule has 3 heteroatoms. The smallest absolute Gasteiger partial charge is 0.0568 e. The van der Waals surface area contributed by atoms with Crippen molar-refractivity contribution in [2.75, 3.05) is 11.4 Å². The van der Waals surface area contributed by atoms with Crippen LogP contribution in [-0.4, -0.2) is 22.4 Å². The number of aromatic nitrogens is 2. The van der Waals surface area contributed by atoms with Gasteiger partial charge in [-0.3, -0.25) is 4.68 Å². The normalized spacial score (nSPS) is 18.5. The summed E-state index contributed by atoms with van der Waals surface area (Å²) in [6.07, 6.45) is 7.81. The van der Waals surface area contributed by atoms with Crippen molar-refractivity contribution in [1.29, 1.82) is 0 Å². The van der Waals surface area contributed by atoms with E-state index in [0.717, 1.165) is 6.54 Å². The zero-order chi connectivity index (χ0) is 15.7. The minimum atomic E-state index is 0.609. The van der Waals surface area contributed by atoms with Crippen LogP contribution in [0.1, 0.15) is 51.5 Å². The third-order valence-corrected chi connectivity index (χ3v) is 4.91. The number of nitrogens with zero attached hydrogens (tertiary/aromatic N) is 3. The van der Waals surface area contributed by atoms with E-state index in [0.29, 0.717) is 12.0 Å². The van der Waals surface area contributed by atoms with Crippen LogP contribution in [0.25, 0.3) is 11.1 Å². The Morgan fingerprint density at radius 2 is 2.09 bits per heavy atom. The maximum Gasteiger partial charge on any atom is 0.0568 e. The van der Waals surface area contributed by atoms with Crippen molar-refractivity contribution in [2.24, 2.45) is 7.05 Å². The first kappa shape index (κ1) is 15.1. The molecule has 118 valence electrons. The zero-order valence-electron chi connectivity index (χ0n) is 14.2. The summed E-state index contributed by atoms with van der Waals surface area (Å²) in [5.74, 6) is 0.609. The van der Waals surface area contributed by atoms with Crippen LogP contribution in [0.4, 0.5) is 5.69 Å². The number of anilines is 1. The molecule has 2 atom stereocenters. The summed E-state index contributed by atoms with van der Waals surface area (Å²) in [5.41, 5.74) is 5.43. The summed E-state index contributed by atoms with van der Waals surface area (Å²) in [5, 5.41) is 4.29. The molecule has 0 amide bonds. The summed E-state index contributed by atoms with van der Waals surface area (Å²) in [6, 6.07) is 7.62. The lowest BCUT2D eigenvalue weighted by Gasteiger charge is -2.29. The second-order valence-corrected chi connectivity index (χ2v) is 6.58. The van der Waals surface area contributed by atoms with Gasteiger partial charge in [-0.05, 0) is 36.1 Å². The lowest BCUT2D eigenvalue weighted by Crippen LogP contribution is -2.33. The Morgan fingerprint density at radius 3 is 2.73 bits per heavy atom. The number of rotatable bonds is 5. The van der Waals surface area contributed by atoms with Gasteiger partial charge in [0.05, 0.1) is 6.20 Å². The minimum absolute atomic E-state index is 0.609. The average molecular weight is 297 g/mol. The van der Waals surface area contributed by atoms with Gasteiger partial charge in [0.1, 0.15) is 0 Å². The summed E-state index contributed by atoms with van der Waals surface area (Å²) < 4.78 is 1.87. The van der Waals surface area contributed by atoms with E-state index < -0.39 is 0 Å². The third kappa shape index (κ3) is 2.65. The zero-order valence-corrected chi connectivity index (χ0v) is 14.2. The number of hydrogen-bond donors (Lipinski definition) is 0. The Kier molecular flexibility index (Phi) is 4.23. The predicted octanol–water partition coefficient (Wildman–Crippen LogP) is 4.59. The summed E-state index contributed by atoms with van der Waals surface area (Å²) in [6.45, 7) is 8.11. The van der Waals surface area contributed by atoms with Crippen LogP contribution in [0.5, 0.6) is 0 Å². The van der Waals surface area contributed by atoms with E-state index >= 15 is 0 Å². The molecule has 0 saturated carbocycles. The monoisotopic (exact) mass is 297 g/mol. The Bertz CT molecular complexity index is 644. The fourth-order valence-corrected chi connectivity index (χ4v) is 3.71. The van der Waals surface area contributed by atoms with Crippen molar-refractivity contribution in [3.05, 3.63) is 36.2 Å². The Morgan fingerprint density at radius 1 is 1.27 bits per heavy atom. The first-order valence-electron chi connectivity index (χ1n) is 8.53. The van der Waals surface area contributed by atoms with Crippen molar-refractivity contribution in [3.8, 4) is 11.1 Å². The number of benzene rings is 1. The van der Waals surface area contributed by atoms with Crippen molar-refractivity contribution in [1.82, 2.24) is 9.78 Å². The van der Waals surface area contributed by atoms with Gasteiger partial charge in [-0.2, -0.15) is 5.10 Å². The Labute approximate surface area is 133 Å². The molecular formula is C19H27N3. The molecule has 1 aliphatic heterocycles. The Hall–Kier alpha value is -1.77. The molecule has 0 saturated heterocycles.